The zero-order valence-corrected chi connectivity index (χ0v) is 10.4. The van der Waals surface area contributed by atoms with Crippen LogP contribution in [-0.2, 0) is 9.47 Å². The molecule has 0 bridgehead atoms. The molecule has 0 aromatic heterocycles. The van der Waals surface area contributed by atoms with E-state index in [1.165, 1.54) is 0 Å². The second-order valence-corrected chi connectivity index (χ2v) is 4.28. The average Bonchev–Trinajstić information content (AvgIpc) is 2.16. The van der Waals surface area contributed by atoms with Gasteiger partial charge in [-0.25, -0.2) is 0 Å². The summed E-state index contributed by atoms with van der Waals surface area (Å²) in [5.74, 6) is 0. The third-order valence-electron chi connectivity index (χ3n) is 2.52. The zero-order chi connectivity index (χ0) is 11.7. The van der Waals surface area contributed by atoms with Crippen LogP contribution in [0.1, 0.15) is 27.2 Å². The molecule has 0 radical (unpaired) electrons. The Morgan fingerprint density at radius 2 is 1.93 bits per heavy atom. The zero-order valence-electron chi connectivity index (χ0n) is 10.4. The standard InChI is InChI=1S/C11H25NO3/c1-10(13)11(2,3)12-6-5-7-15-9-8-14-4/h10,12-13H,5-9H2,1-4H3. The largest absolute Gasteiger partial charge is 0.392 e. The van der Waals surface area contributed by atoms with Crippen LogP contribution in [0.5, 0.6) is 0 Å². The second-order valence-electron chi connectivity index (χ2n) is 4.28. The topological polar surface area (TPSA) is 50.7 Å². The van der Waals surface area contributed by atoms with Crippen molar-refractivity contribution in [3.8, 4) is 0 Å². The highest BCUT2D eigenvalue weighted by atomic mass is 16.5. The number of nitrogens with one attached hydrogen (secondary N) is 1. The lowest BCUT2D eigenvalue weighted by atomic mass is 9.99. The van der Waals surface area contributed by atoms with Crippen molar-refractivity contribution < 1.29 is 14.6 Å². The molecule has 0 aliphatic carbocycles. The Morgan fingerprint density at radius 3 is 2.47 bits per heavy atom. The predicted molar refractivity (Wildman–Crippen MR) is 61.1 cm³/mol. The highest BCUT2D eigenvalue weighted by molar-refractivity contribution is 4.82. The molecule has 15 heavy (non-hydrogen) atoms. The van der Waals surface area contributed by atoms with E-state index in [-0.39, 0.29) is 11.6 Å². The van der Waals surface area contributed by atoms with Gasteiger partial charge in [-0.3, -0.25) is 0 Å². The van der Waals surface area contributed by atoms with E-state index in [1.807, 2.05) is 13.8 Å². The van der Waals surface area contributed by atoms with Crippen molar-refractivity contribution in [2.45, 2.75) is 38.8 Å². The van der Waals surface area contributed by atoms with E-state index in [9.17, 15) is 5.11 Å². The predicted octanol–water partition coefficient (Wildman–Crippen LogP) is 0.788. The minimum atomic E-state index is -0.355. The van der Waals surface area contributed by atoms with E-state index in [2.05, 4.69) is 5.32 Å². The van der Waals surface area contributed by atoms with Gasteiger partial charge in [0.15, 0.2) is 0 Å². The molecule has 0 heterocycles. The van der Waals surface area contributed by atoms with Crippen LogP contribution in [0.3, 0.4) is 0 Å². The minimum Gasteiger partial charge on any atom is -0.392 e. The number of ether oxygens (including phenoxy) is 2. The van der Waals surface area contributed by atoms with Gasteiger partial charge >= 0.3 is 0 Å². The molecule has 0 amide bonds. The van der Waals surface area contributed by atoms with Crippen molar-refractivity contribution in [2.75, 3.05) is 33.5 Å². The van der Waals surface area contributed by atoms with E-state index in [0.29, 0.717) is 13.2 Å². The molecule has 0 fully saturated rings. The fraction of sp³-hybridized carbons (Fsp3) is 1.00. The van der Waals surface area contributed by atoms with Crippen molar-refractivity contribution in [1.29, 1.82) is 0 Å². The van der Waals surface area contributed by atoms with Crippen LogP contribution in [0.25, 0.3) is 0 Å². The summed E-state index contributed by atoms with van der Waals surface area (Å²) >= 11 is 0. The molecule has 0 spiro atoms. The Labute approximate surface area is 93.0 Å². The number of hydrogen-bond donors (Lipinski definition) is 2. The van der Waals surface area contributed by atoms with Crippen LogP contribution in [0.4, 0.5) is 0 Å². The quantitative estimate of drug-likeness (QED) is 0.563. The molecule has 0 aromatic carbocycles. The van der Waals surface area contributed by atoms with Gasteiger partial charge in [-0.1, -0.05) is 0 Å². The van der Waals surface area contributed by atoms with Gasteiger partial charge in [-0.05, 0) is 33.7 Å². The lowest BCUT2D eigenvalue weighted by molar-refractivity contribution is 0.0647. The highest BCUT2D eigenvalue weighted by Crippen LogP contribution is 2.07. The van der Waals surface area contributed by atoms with Crippen LogP contribution in [0, 0.1) is 0 Å². The van der Waals surface area contributed by atoms with Gasteiger partial charge < -0.3 is 19.9 Å². The van der Waals surface area contributed by atoms with E-state index >= 15 is 0 Å². The summed E-state index contributed by atoms with van der Waals surface area (Å²) in [5.41, 5.74) is -0.230. The van der Waals surface area contributed by atoms with Crippen molar-refractivity contribution in [3.05, 3.63) is 0 Å². The molecule has 1 atom stereocenters. The lowest BCUT2D eigenvalue weighted by Gasteiger charge is -2.29. The smallest absolute Gasteiger partial charge is 0.0700 e. The van der Waals surface area contributed by atoms with E-state index in [0.717, 1.165) is 19.6 Å². The molecule has 0 aliphatic rings. The fourth-order valence-electron chi connectivity index (χ4n) is 0.977. The molecule has 0 rings (SSSR count). The molecule has 1 unspecified atom stereocenters. The van der Waals surface area contributed by atoms with Crippen LogP contribution < -0.4 is 5.32 Å². The summed E-state index contributed by atoms with van der Waals surface area (Å²) in [7, 11) is 1.66. The summed E-state index contributed by atoms with van der Waals surface area (Å²) in [6.45, 7) is 8.65. The third kappa shape index (κ3) is 7.73. The van der Waals surface area contributed by atoms with Crippen LogP contribution in [0.2, 0.25) is 0 Å². The first-order valence-electron chi connectivity index (χ1n) is 5.50. The maximum Gasteiger partial charge on any atom is 0.0700 e. The monoisotopic (exact) mass is 219 g/mol. The van der Waals surface area contributed by atoms with Crippen molar-refractivity contribution in [2.24, 2.45) is 0 Å². The van der Waals surface area contributed by atoms with Crippen LogP contribution in [0.15, 0.2) is 0 Å². The normalized spacial score (nSPS) is 14.2. The van der Waals surface area contributed by atoms with Gasteiger partial charge in [0.2, 0.25) is 0 Å². The van der Waals surface area contributed by atoms with Crippen molar-refractivity contribution in [1.82, 2.24) is 5.32 Å². The summed E-state index contributed by atoms with van der Waals surface area (Å²) in [6.07, 6.45) is 0.590. The van der Waals surface area contributed by atoms with E-state index in [1.54, 1.807) is 14.0 Å². The molecule has 0 saturated carbocycles. The molecule has 4 nitrogen and oxygen atoms in total. The molecule has 2 N–H and O–H groups in total. The molecule has 4 heteroatoms. The lowest BCUT2D eigenvalue weighted by Crippen LogP contribution is -2.48. The number of methoxy groups -OCH3 is 1. The summed E-state index contributed by atoms with van der Waals surface area (Å²) in [6, 6.07) is 0. The number of rotatable bonds is 9. The van der Waals surface area contributed by atoms with Gasteiger partial charge in [0.05, 0.1) is 19.3 Å². The third-order valence-corrected chi connectivity index (χ3v) is 2.52. The Balaban J connectivity index is 3.31. The Morgan fingerprint density at radius 1 is 1.27 bits per heavy atom. The first kappa shape index (κ1) is 14.8. The summed E-state index contributed by atoms with van der Waals surface area (Å²) in [5, 5.41) is 12.7. The maximum atomic E-state index is 9.44. The minimum absolute atomic E-state index is 0.230. The Bertz CT molecular complexity index is 149. The molecule has 0 aliphatic heterocycles. The van der Waals surface area contributed by atoms with Gasteiger partial charge in [-0.2, -0.15) is 0 Å². The number of aliphatic hydroxyl groups excluding tert-OH is 1. The molecule has 92 valence electrons. The maximum absolute atomic E-state index is 9.44. The van der Waals surface area contributed by atoms with Gasteiger partial charge in [-0.15, -0.1) is 0 Å². The summed E-state index contributed by atoms with van der Waals surface area (Å²) < 4.78 is 10.2. The highest BCUT2D eigenvalue weighted by Gasteiger charge is 2.22. The Hall–Kier alpha value is -0.160. The molecular weight excluding hydrogens is 194 g/mol. The van der Waals surface area contributed by atoms with E-state index in [4.69, 9.17) is 9.47 Å². The fourth-order valence-corrected chi connectivity index (χ4v) is 0.977. The first-order valence-corrected chi connectivity index (χ1v) is 5.50. The number of hydrogen-bond acceptors (Lipinski definition) is 4. The average molecular weight is 219 g/mol. The molecular formula is C11H25NO3. The van der Waals surface area contributed by atoms with Crippen LogP contribution >= 0.6 is 0 Å². The molecule has 0 aromatic rings. The summed E-state index contributed by atoms with van der Waals surface area (Å²) in [4.78, 5) is 0. The SMILES string of the molecule is COCCOCCCNC(C)(C)C(C)O. The van der Waals surface area contributed by atoms with Crippen molar-refractivity contribution >= 4 is 0 Å². The first-order chi connectivity index (χ1) is 7.00. The van der Waals surface area contributed by atoms with Crippen LogP contribution in [-0.4, -0.2) is 50.2 Å². The number of aliphatic hydroxyl groups is 1. The van der Waals surface area contributed by atoms with Gasteiger partial charge in [0, 0.05) is 19.3 Å². The molecule has 0 saturated heterocycles. The van der Waals surface area contributed by atoms with E-state index < -0.39 is 0 Å². The van der Waals surface area contributed by atoms with Gasteiger partial charge in [0.1, 0.15) is 0 Å². The Kier molecular flexibility index (Phi) is 7.96. The van der Waals surface area contributed by atoms with Crippen molar-refractivity contribution in [3.63, 3.8) is 0 Å². The second kappa shape index (κ2) is 8.05. The van der Waals surface area contributed by atoms with Gasteiger partial charge in [0.25, 0.3) is 0 Å².